The Kier molecular flexibility index (Phi) is 3.94. The first kappa shape index (κ1) is 18.1. The predicted octanol–water partition coefficient (Wildman–Crippen LogP) is -0.0155. The van der Waals surface area contributed by atoms with Crippen molar-refractivity contribution in [3.8, 4) is 11.6 Å². The summed E-state index contributed by atoms with van der Waals surface area (Å²) in [6.45, 7) is 1.61. The van der Waals surface area contributed by atoms with Crippen molar-refractivity contribution in [2.24, 2.45) is 5.73 Å². The number of hydrogen-bond donors (Lipinski definition) is 2. The number of halogens is 1. The molecule has 0 fully saturated rings. The maximum Gasteiger partial charge on any atom is 0.259 e. The summed E-state index contributed by atoms with van der Waals surface area (Å²) in [5.41, 5.74) is 6.40. The number of amides is 2. The third kappa shape index (κ3) is 2.84. The molecule has 0 unspecified atom stereocenters. The topological polar surface area (TPSA) is 137 Å². The van der Waals surface area contributed by atoms with Gasteiger partial charge in [0, 0.05) is 5.56 Å². The lowest BCUT2D eigenvalue weighted by Crippen LogP contribution is -2.51. The van der Waals surface area contributed by atoms with Gasteiger partial charge < -0.3 is 25.4 Å². The van der Waals surface area contributed by atoms with Crippen LogP contribution in [0.25, 0.3) is 5.65 Å². The quantitative estimate of drug-likeness (QED) is 0.568. The number of ether oxygens (including phenoxy) is 2. The zero-order valence-electron chi connectivity index (χ0n) is 15.7. The van der Waals surface area contributed by atoms with Crippen LogP contribution in [0.3, 0.4) is 0 Å². The predicted molar refractivity (Wildman–Crippen MR) is 99.4 cm³/mol. The minimum atomic E-state index is -0.871. The molecule has 0 spiro atoms. The zero-order chi connectivity index (χ0) is 21.0. The number of nitrogens with one attached hydrogen (secondary N) is 1. The van der Waals surface area contributed by atoms with Crippen LogP contribution >= 0.6 is 0 Å². The van der Waals surface area contributed by atoms with Gasteiger partial charge in [-0.2, -0.15) is 5.10 Å². The van der Waals surface area contributed by atoms with E-state index in [4.69, 9.17) is 15.2 Å². The second-order valence-electron chi connectivity index (χ2n) is 6.96. The molecule has 30 heavy (non-hydrogen) atoms. The Morgan fingerprint density at radius 1 is 1.40 bits per heavy atom. The molecule has 3 N–H and O–H groups in total. The fourth-order valence-corrected chi connectivity index (χ4v) is 3.51. The highest BCUT2D eigenvalue weighted by molar-refractivity contribution is 6.00. The summed E-state index contributed by atoms with van der Waals surface area (Å²) in [6, 6.07) is 0.377. The van der Waals surface area contributed by atoms with E-state index in [1.165, 1.54) is 16.8 Å². The monoisotopic (exact) mass is 413 g/mol. The number of nitrogens with two attached hydrogens (primary N) is 1. The van der Waals surface area contributed by atoms with E-state index in [0.29, 0.717) is 11.3 Å². The average molecular weight is 413 g/mol. The minimum Gasteiger partial charge on any atom is -0.485 e. The molecule has 2 bridgehead atoms. The zero-order valence-corrected chi connectivity index (χ0v) is 15.7. The summed E-state index contributed by atoms with van der Waals surface area (Å²) in [5.74, 6) is -0.961. The second-order valence-corrected chi connectivity index (χ2v) is 6.96. The minimum absolute atomic E-state index is 0.0252. The molecule has 154 valence electrons. The highest BCUT2D eigenvalue weighted by Crippen LogP contribution is 2.35. The number of carbonyl (C=O) groups excluding carboxylic acids is 2. The third-order valence-electron chi connectivity index (χ3n) is 4.91. The first-order chi connectivity index (χ1) is 14.4. The standard InChI is InChI=1S/C18H16FN7O4/c1-8-23-17(28)11-4-22-26-6-13-16(24-15(11)26)25(12(7-29-13)14(20)27)5-9-2-10(19)3-21-18(9)30-8/h2-4,6,8,12H,5,7H2,1H3,(H2,20,27)(H,23,28)/t8-,12-/m0/s1. The number of anilines is 1. The molecule has 2 atom stereocenters. The first-order valence-corrected chi connectivity index (χ1v) is 9.10. The fraction of sp³-hybridized carbons (Fsp3) is 0.278. The molecule has 5 rings (SSSR count). The van der Waals surface area contributed by atoms with E-state index in [2.05, 4.69) is 20.4 Å². The van der Waals surface area contributed by atoms with Gasteiger partial charge in [0.05, 0.1) is 25.1 Å². The van der Waals surface area contributed by atoms with E-state index < -0.39 is 29.9 Å². The van der Waals surface area contributed by atoms with E-state index in [1.54, 1.807) is 18.0 Å². The second kappa shape index (κ2) is 6.54. The molecule has 2 aliphatic rings. The molecule has 0 saturated carbocycles. The molecular formula is C18H16FN7O4. The number of hydrogen-bond acceptors (Lipinski definition) is 8. The largest absolute Gasteiger partial charge is 0.485 e. The van der Waals surface area contributed by atoms with Crippen molar-refractivity contribution in [2.75, 3.05) is 11.5 Å². The fourth-order valence-electron chi connectivity index (χ4n) is 3.51. The van der Waals surface area contributed by atoms with Crippen molar-refractivity contribution in [3.05, 3.63) is 41.6 Å². The van der Waals surface area contributed by atoms with Gasteiger partial charge in [-0.1, -0.05) is 0 Å². The summed E-state index contributed by atoms with van der Waals surface area (Å²) in [5, 5.41) is 6.84. The smallest absolute Gasteiger partial charge is 0.259 e. The maximum absolute atomic E-state index is 14.0. The lowest BCUT2D eigenvalue weighted by molar-refractivity contribution is -0.120. The Morgan fingerprint density at radius 2 is 2.23 bits per heavy atom. The van der Waals surface area contributed by atoms with Gasteiger partial charge in [0.25, 0.3) is 5.91 Å². The summed E-state index contributed by atoms with van der Waals surface area (Å²) in [6.07, 6.45) is 3.17. The van der Waals surface area contributed by atoms with E-state index in [-0.39, 0.29) is 36.1 Å². The normalized spacial score (nSPS) is 20.5. The Balaban J connectivity index is 1.75. The van der Waals surface area contributed by atoms with Gasteiger partial charge in [0.2, 0.25) is 11.8 Å². The van der Waals surface area contributed by atoms with E-state index in [1.807, 2.05) is 0 Å². The molecule has 11 nitrogen and oxygen atoms in total. The number of aromatic nitrogens is 4. The van der Waals surface area contributed by atoms with Crippen molar-refractivity contribution in [1.29, 1.82) is 0 Å². The van der Waals surface area contributed by atoms with Gasteiger partial charge in [-0.05, 0) is 13.0 Å². The summed E-state index contributed by atoms with van der Waals surface area (Å²) >= 11 is 0. The number of fused-ring (bicyclic) bond motifs is 1. The summed E-state index contributed by atoms with van der Waals surface area (Å²) < 4.78 is 26.8. The molecule has 2 amide bonds. The molecule has 2 aliphatic heterocycles. The Bertz CT molecular complexity index is 1200. The van der Waals surface area contributed by atoms with Crippen molar-refractivity contribution in [3.63, 3.8) is 0 Å². The molecule has 0 radical (unpaired) electrons. The van der Waals surface area contributed by atoms with Crippen molar-refractivity contribution in [1.82, 2.24) is 24.9 Å². The lowest BCUT2D eigenvalue weighted by atomic mass is 10.1. The van der Waals surface area contributed by atoms with Gasteiger partial charge in [0.1, 0.15) is 24.0 Å². The summed E-state index contributed by atoms with van der Waals surface area (Å²) in [4.78, 5) is 35.0. The van der Waals surface area contributed by atoms with Crippen LogP contribution in [0.15, 0.2) is 24.7 Å². The number of rotatable bonds is 1. The van der Waals surface area contributed by atoms with Gasteiger partial charge in [-0.3, -0.25) is 9.59 Å². The Morgan fingerprint density at radius 3 is 3.03 bits per heavy atom. The Hall–Kier alpha value is -3.96. The van der Waals surface area contributed by atoms with E-state index in [0.717, 1.165) is 6.20 Å². The van der Waals surface area contributed by atoms with Gasteiger partial charge in [-0.15, -0.1) is 0 Å². The first-order valence-electron chi connectivity index (χ1n) is 9.10. The van der Waals surface area contributed by atoms with Crippen LogP contribution in [0.1, 0.15) is 22.8 Å². The molecule has 5 heterocycles. The van der Waals surface area contributed by atoms with Crippen molar-refractivity contribution >= 4 is 23.3 Å². The molecule has 12 heteroatoms. The maximum atomic E-state index is 14.0. The van der Waals surface area contributed by atoms with Gasteiger partial charge in [-0.25, -0.2) is 18.9 Å². The molecule has 3 aromatic heterocycles. The van der Waals surface area contributed by atoms with Crippen LogP contribution < -0.4 is 25.4 Å². The number of pyridine rings is 1. The van der Waals surface area contributed by atoms with E-state index >= 15 is 0 Å². The van der Waals surface area contributed by atoms with Crippen LogP contribution in [-0.2, 0) is 11.3 Å². The lowest BCUT2D eigenvalue weighted by Gasteiger charge is -2.36. The SMILES string of the molecule is C[C@H]1NC(=O)c2cnn3cc4c(nc23)N(Cc2cc(F)cnc2O1)[C@H](C(N)=O)CO4. The number of primary amides is 1. The molecular weight excluding hydrogens is 397 g/mol. The van der Waals surface area contributed by atoms with Crippen LogP contribution in [0.2, 0.25) is 0 Å². The van der Waals surface area contributed by atoms with Crippen LogP contribution in [0, 0.1) is 5.82 Å². The highest BCUT2D eigenvalue weighted by atomic mass is 19.1. The van der Waals surface area contributed by atoms with E-state index in [9.17, 15) is 14.0 Å². The number of carbonyl (C=O) groups is 2. The molecule has 0 aromatic carbocycles. The van der Waals surface area contributed by atoms with Crippen LogP contribution in [0.4, 0.5) is 10.2 Å². The summed E-state index contributed by atoms with van der Waals surface area (Å²) in [7, 11) is 0. The van der Waals surface area contributed by atoms with Crippen molar-refractivity contribution < 1.29 is 23.5 Å². The molecule has 0 aliphatic carbocycles. The number of nitrogens with zero attached hydrogens (tertiary/aromatic N) is 5. The Labute approximate surface area is 168 Å². The molecule has 3 aromatic rings. The van der Waals surface area contributed by atoms with Gasteiger partial charge >= 0.3 is 0 Å². The highest BCUT2D eigenvalue weighted by Gasteiger charge is 2.35. The van der Waals surface area contributed by atoms with Crippen molar-refractivity contribution in [2.45, 2.75) is 25.7 Å². The molecule has 0 saturated heterocycles. The van der Waals surface area contributed by atoms with Gasteiger partial charge in [0.15, 0.2) is 23.4 Å². The third-order valence-corrected chi connectivity index (χ3v) is 4.91. The van der Waals surface area contributed by atoms with Crippen LogP contribution in [0.5, 0.6) is 11.6 Å². The average Bonchev–Trinajstić information content (AvgIpc) is 3.10. The van der Waals surface area contributed by atoms with Crippen LogP contribution in [-0.4, -0.2) is 50.3 Å².